The number of carbonyl (C=O) groups is 1. The molecule has 0 aliphatic carbocycles. The first-order valence-electron chi connectivity index (χ1n) is 5.24. The quantitative estimate of drug-likeness (QED) is 0.662. The number of nitrogens with zero attached hydrogens (tertiary/aromatic N) is 1. The lowest BCUT2D eigenvalue weighted by atomic mass is 10.2. The van der Waals surface area contributed by atoms with Gasteiger partial charge in [-0.2, -0.15) is 0 Å². The summed E-state index contributed by atoms with van der Waals surface area (Å²) in [5.41, 5.74) is 0. The molecule has 82 valence electrons. The molecule has 14 heavy (non-hydrogen) atoms. The van der Waals surface area contributed by atoms with Crippen LogP contribution in [0.15, 0.2) is 0 Å². The first-order valence-corrected chi connectivity index (χ1v) is 5.24. The van der Waals surface area contributed by atoms with Crippen LogP contribution < -0.4 is 5.32 Å². The number of amides is 1. The van der Waals surface area contributed by atoms with E-state index in [2.05, 4.69) is 24.1 Å². The molecule has 0 aromatic rings. The molecular formula is C10H20N2O2. The highest BCUT2D eigenvalue weighted by Gasteiger charge is 2.23. The predicted molar refractivity (Wildman–Crippen MR) is 54.9 cm³/mol. The second-order valence-corrected chi connectivity index (χ2v) is 4.36. The van der Waals surface area contributed by atoms with E-state index in [0.717, 1.165) is 26.1 Å². The molecule has 1 amide bonds. The van der Waals surface area contributed by atoms with Gasteiger partial charge >= 0.3 is 0 Å². The number of likely N-dealkylation sites (tertiary alicyclic amines) is 1. The first-order chi connectivity index (χ1) is 6.61. The molecule has 1 rings (SSSR count). The molecule has 0 radical (unpaired) electrons. The molecule has 0 aromatic heterocycles. The summed E-state index contributed by atoms with van der Waals surface area (Å²) in [7, 11) is 0. The van der Waals surface area contributed by atoms with Crippen molar-refractivity contribution in [3.63, 3.8) is 0 Å². The Labute approximate surface area is 85.3 Å². The van der Waals surface area contributed by atoms with Crippen LogP contribution in [0.2, 0.25) is 0 Å². The maximum absolute atomic E-state index is 10.9. The molecule has 1 aliphatic rings. The molecule has 0 aromatic carbocycles. The van der Waals surface area contributed by atoms with Crippen molar-refractivity contribution in [2.24, 2.45) is 5.92 Å². The van der Waals surface area contributed by atoms with Crippen LogP contribution in [-0.2, 0) is 4.79 Å². The van der Waals surface area contributed by atoms with E-state index in [1.807, 2.05) is 0 Å². The summed E-state index contributed by atoms with van der Waals surface area (Å²) in [6.07, 6.45) is 0.998. The molecule has 1 atom stereocenters. The lowest BCUT2D eigenvalue weighted by Gasteiger charge is -2.18. The number of hydrogen-bond donors (Lipinski definition) is 2. The lowest BCUT2D eigenvalue weighted by Crippen LogP contribution is -2.39. The Morgan fingerprint density at radius 3 is 2.93 bits per heavy atom. The zero-order valence-corrected chi connectivity index (χ0v) is 8.99. The molecule has 0 spiro atoms. The monoisotopic (exact) mass is 200 g/mol. The molecular weight excluding hydrogens is 180 g/mol. The number of rotatable bonds is 4. The third-order valence-electron chi connectivity index (χ3n) is 2.40. The van der Waals surface area contributed by atoms with Crippen LogP contribution in [0.1, 0.15) is 20.3 Å². The topological polar surface area (TPSA) is 52.6 Å². The first kappa shape index (κ1) is 11.5. The summed E-state index contributed by atoms with van der Waals surface area (Å²) in [4.78, 5) is 13.3. The minimum atomic E-state index is -0.402. The summed E-state index contributed by atoms with van der Waals surface area (Å²) in [6, 6.07) is 0.230. The Balaban J connectivity index is 2.23. The Morgan fingerprint density at radius 2 is 2.36 bits per heavy atom. The summed E-state index contributed by atoms with van der Waals surface area (Å²) < 4.78 is 0. The maximum atomic E-state index is 10.9. The van der Waals surface area contributed by atoms with Gasteiger partial charge in [-0.3, -0.25) is 4.79 Å². The smallest absolute Gasteiger partial charge is 0.245 e. The fourth-order valence-electron chi connectivity index (χ4n) is 1.91. The second-order valence-electron chi connectivity index (χ2n) is 4.36. The van der Waals surface area contributed by atoms with Crippen molar-refractivity contribution in [3.05, 3.63) is 0 Å². The average molecular weight is 200 g/mol. The lowest BCUT2D eigenvalue weighted by molar-refractivity contribution is -0.124. The third kappa shape index (κ3) is 3.64. The van der Waals surface area contributed by atoms with Crippen molar-refractivity contribution in [2.75, 3.05) is 26.2 Å². The van der Waals surface area contributed by atoms with Crippen molar-refractivity contribution in [3.8, 4) is 0 Å². The van der Waals surface area contributed by atoms with Gasteiger partial charge in [0.25, 0.3) is 0 Å². The molecule has 2 N–H and O–H groups in total. The largest absolute Gasteiger partial charge is 0.387 e. The zero-order chi connectivity index (χ0) is 10.6. The number of nitrogens with one attached hydrogen (secondary N) is 1. The highest BCUT2D eigenvalue weighted by Crippen LogP contribution is 2.10. The maximum Gasteiger partial charge on any atom is 0.245 e. The number of aliphatic hydroxyl groups is 1. The summed E-state index contributed by atoms with van der Waals surface area (Å²) in [6.45, 7) is 7.05. The van der Waals surface area contributed by atoms with E-state index in [9.17, 15) is 4.79 Å². The van der Waals surface area contributed by atoms with E-state index in [0.29, 0.717) is 5.92 Å². The van der Waals surface area contributed by atoms with Gasteiger partial charge in [0.15, 0.2) is 0 Å². The van der Waals surface area contributed by atoms with Gasteiger partial charge < -0.3 is 15.3 Å². The highest BCUT2D eigenvalue weighted by atomic mass is 16.3. The van der Waals surface area contributed by atoms with Crippen LogP contribution in [-0.4, -0.2) is 48.2 Å². The highest BCUT2D eigenvalue weighted by molar-refractivity contribution is 5.77. The average Bonchev–Trinajstić information content (AvgIpc) is 2.51. The molecule has 0 unspecified atom stereocenters. The van der Waals surface area contributed by atoms with Crippen molar-refractivity contribution in [1.82, 2.24) is 10.2 Å². The molecule has 1 saturated heterocycles. The van der Waals surface area contributed by atoms with Crippen LogP contribution in [0.3, 0.4) is 0 Å². The molecule has 4 heteroatoms. The van der Waals surface area contributed by atoms with Crippen molar-refractivity contribution < 1.29 is 9.90 Å². The number of hydrogen-bond acceptors (Lipinski definition) is 3. The van der Waals surface area contributed by atoms with E-state index in [-0.39, 0.29) is 11.9 Å². The van der Waals surface area contributed by atoms with Gasteiger partial charge in [0.05, 0.1) is 0 Å². The van der Waals surface area contributed by atoms with Crippen molar-refractivity contribution in [2.45, 2.75) is 26.3 Å². The third-order valence-corrected chi connectivity index (χ3v) is 2.40. The Hall–Kier alpha value is -0.610. The van der Waals surface area contributed by atoms with E-state index in [4.69, 9.17) is 5.11 Å². The fourth-order valence-corrected chi connectivity index (χ4v) is 1.91. The molecule has 1 fully saturated rings. The molecule has 0 saturated carbocycles. The minimum absolute atomic E-state index is 0.230. The normalized spacial score (nSPS) is 23.0. The van der Waals surface area contributed by atoms with Gasteiger partial charge in [-0.25, -0.2) is 0 Å². The zero-order valence-electron chi connectivity index (χ0n) is 8.99. The van der Waals surface area contributed by atoms with Crippen LogP contribution in [0.5, 0.6) is 0 Å². The summed E-state index contributed by atoms with van der Waals surface area (Å²) in [5, 5.41) is 11.4. The van der Waals surface area contributed by atoms with E-state index < -0.39 is 6.61 Å². The van der Waals surface area contributed by atoms with Crippen LogP contribution >= 0.6 is 0 Å². The molecule has 0 bridgehead atoms. The SMILES string of the molecule is CC(C)CN1CC[C@@H](NC(=O)CO)C1. The van der Waals surface area contributed by atoms with Gasteiger partial charge in [-0.1, -0.05) is 13.8 Å². The van der Waals surface area contributed by atoms with Crippen molar-refractivity contribution in [1.29, 1.82) is 0 Å². The van der Waals surface area contributed by atoms with Crippen LogP contribution in [0.25, 0.3) is 0 Å². The van der Waals surface area contributed by atoms with Gasteiger partial charge in [0, 0.05) is 25.7 Å². The van der Waals surface area contributed by atoms with Crippen LogP contribution in [0, 0.1) is 5.92 Å². The van der Waals surface area contributed by atoms with Crippen molar-refractivity contribution >= 4 is 5.91 Å². The van der Waals surface area contributed by atoms with Gasteiger partial charge in [0.2, 0.25) is 5.91 Å². The van der Waals surface area contributed by atoms with Gasteiger partial charge in [-0.15, -0.1) is 0 Å². The Bertz CT molecular complexity index is 195. The van der Waals surface area contributed by atoms with E-state index in [1.165, 1.54) is 0 Å². The summed E-state index contributed by atoms with van der Waals surface area (Å²) in [5.74, 6) is 0.406. The molecule has 1 aliphatic heterocycles. The van der Waals surface area contributed by atoms with Crippen LogP contribution in [0.4, 0.5) is 0 Å². The Kier molecular flexibility index (Phi) is 4.35. The predicted octanol–water partition coefficient (Wildman–Crippen LogP) is -0.175. The van der Waals surface area contributed by atoms with E-state index in [1.54, 1.807) is 0 Å². The molecule has 4 nitrogen and oxygen atoms in total. The standard InChI is InChI=1S/C10H20N2O2/c1-8(2)5-12-4-3-9(6-12)11-10(14)7-13/h8-9,13H,3-7H2,1-2H3,(H,11,14)/t9-/m1/s1. The number of aliphatic hydroxyl groups excluding tert-OH is 1. The molecule has 1 heterocycles. The minimum Gasteiger partial charge on any atom is -0.387 e. The fraction of sp³-hybridized carbons (Fsp3) is 0.900. The van der Waals surface area contributed by atoms with Gasteiger partial charge in [0.1, 0.15) is 6.61 Å². The van der Waals surface area contributed by atoms with E-state index >= 15 is 0 Å². The number of carbonyl (C=O) groups excluding carboxylic acids is 1. The summed E-state index contributed by atoms with van der Waals surface area (Å²) >= 11 is 0. The second kappa shape index (κ2) is 5.32. The van der Waals surface area contributed by atoms with Gasteiger partial charge in [-0.05, 0) is 12.3 Å². The Morgan fingerprint density at radius 1 is 1.64 bits per heavy atom.